The number of aryl methyl sites for hydroxylation is 1. The molecule has 0 bridgehead atoms. The van der Waals surface area contributed by atoms with Crippen LogP contribution in [0.15, 0.2) is 30.6 Å². The first-order valence-electron chi connectivity index (χ1n) is 12.2. The lowest BCUT2D eigenvalue weighted by atomic mass is 10.2. The maximum absolute atomic E-state index is 12.0. The number of nitrogens with zero attached hydrogens (tertiary/aromatic N) is 5. The summed E-state index contributed by atoms with van der Waals surface area (Å²) in [6.07, 6.45) is 6.25. The minimum absolute atomic E-state index is 0.190. The van der Waals surface area contributed by atoms with Crippen molar-refractivity contribution in [3.8, 4) is 11.8 Å². The number of rotatable bonds is 13. The Hall–Kier alpha value is -4.17. The molecule has 0 saturated heterocycles. The molecule has 1 aromatic carbocycles. The van der Waals surface area contributed by atoms with Crippen LogP contribution in [0.25, 0.3) is 10.9 Å². The fourth-order valence-corrected chi connectivity index (χ4v) is 3.43. The number of carbonyl (C=O) groups excluding carboxylic acids is 2. The molecule has 0 fully saturated rings. The second kappa shape index (κ2) is 13.8. The number of anilines is 3. The summed E-state index contributed by atoms with van der Waals surface area (Å²) >= 11 is 0. The number of ether oxygens (including phenoxy) is 1. The van der Waals surface area contributed by atoms with E-state index in [1.54, 1.807) is 27.3 Å². The van der Waals surface area contributed by atoms with E-state index in [0.29, 0.717) is 56.3 Å². The van der Waals surface area contributed by atoms with Crippen LogP contribution in [0.4, 0.5) is 17.5 Å². The van der Waals surface area contributed by atoms with E-state index in [-0.39, 0.29) is 5.91 Å². The number of hydrogen-bond acceptors (Lipinski definition) is 8. The number of likely N-dealkylation sites (N-methyl/N-ethyl adjacent to an activating group) is 1. The Morgan fingerprint density at radius 3 is 2.89 bits per heavy atom. The van der Waals surface area contributed by atoms with Gasteiger partial charge in [-0.05, 0) is 38.0 Å². The minimum atomic E-state index is -0.508. The van der Waals surface area contributed by atoms with Gasteiger partial charge in [-0.25, -0.2) is 4.98 Å². The van der Waals surface area contributed by atoms with Gasteiger partial charge in [0.1, 0.15) is 11.9 Å². The zero-order valence-electron chi connectivity index (χ0n) is 21.7. The van der Waals surface area contributed by atoms with Gasteiger partial charge in [-0.3, -0.25) is 14.3 Å². The lowest BCUT2D eigenvalue weighted by Gasteiger charge is -2.19. The quantitative estimate of drug-likeness (QED) is 0.183. The molecule has 1 atom stereocenters. The minimum Gasteiger partial charge on any atom is -0.385 e. The SMILES string of the molecule is COCCCNc1nc(Nc2ccc3c(cnn3C)c2)ncc1C#CCCCNC(=O)[C@H](C)N(C)C=O. The van der Waals surface area contributed by atoms with Gasteiger partial charge in [0.05, 0.1) is 23.5 Å². The van der Waals surface area contributed by atoms with E-state index in [4.69, 9.17) is 4.74 Å². The van der Waals surface area contributed by atoms with Crippen LogP contribution in [0.5, 0.6) is 0 Å². The van der Waals surface area contributed by atoms with Crippen molar-refractivity contribution in [2.24, 2.45) is 7.05 Å². The van der Waals surface area contributed by atoms with Gasteiger partial charge in [0.15, 0.2) is 0 Å². The summed E-state index contributed by atoms with van der Waals surface area (Å²) in [4.78, 5) is 33.2. The molecule has 11 nitrogen and oxygen atoms in total. The highest BCUT2D eigenvalue weighted by Gasteiger charge is 2.15. The van der Waals surface area contributed by atoms with Crippen molar-refractivity contribution >= 4 is 40.7 Å². The molecular weight excluding hydrogens is 472 g/mol. The van der Waals surface area contributed by atoms with Gasteiger partial charge in [-0.1, -0.05) is 11.8 Å². The molecule has 0 aliphatic heterocycles. The molecule has 0 spiro atoms. The predicted octanol–water partition coefficient (Wildman–Crippen LogP) is 2.28. The average molecular weight is 507 g/mol. The Balaban J connectivity index is 1.62. The van der Waals surface area contributed by atoms with E-state index in [1.807, 2.05) is 36.1 Å². The zero-order valence-corrected chi connectivity index (χ0v) is 21.7. The molecule has 3 aromatic rings. The third-order valence-corrected chi connectivity index (χ3v) is 5.77. The van der Waals surface area contributed by atoms with E-state index in [2.05, 4.69) is 42.9 Å². The summed E-state index contributed by atoms with van der Waals surface area (Å²) in [7, 11) is 5.16. The molecule has 2 heterocycles. The van der Waals surface area contributed by atoms with Crippen molar-refractivity contribution < 1.29 is 14.3 Å². The predicted molar refractivity (Wildman–Crippen MR) is 143 cm³/mol. The topological polar surface area (TPSA) is 126 Å². The molecule has 0 aliphatic carbocycles. The lowest BCUT2D eigenvalue weighted by Crippen LogP contribution is -2.42. The summed E-state index contributed by atoms with van der Waals surface area (Å²) < 4.78 is 6.96. The number of benzene rings is 1. The maximum atomic E-state index is 12.0. The number of nitrogens with one attached hydrogen (secondary N) is 3. The number of fused-ring (bicyclic) bond motifs is 1. The second-order valence-electron chi connectivity index (χ2n) is 8.54. The number of unbranched alkanes of at least 4 members (excludes halogenated alkanes) is 1. The standard InChI is InChI=1S/C26H34N8O3/c1-19(33(2)18-35)25(36)28-12-7-5-6-9-20-16-29-26(32-24(20)27-13-8-14-37-4)31-22-10-11-23-21(15-22)17-30-34(23)3/h10-11,15-19H,5,7-8,12-14H2,1-4H3,(H,28,36)(H2,27,29,31,32)/t19-/m0/s1. The van der Waals surface area contributed by atoms with E-state index >= 15 is 0 Å². The van der Waals surface area contributed by atoms with Crippen LogP contribution < -0.4 is 16.0 Å². The summed E-state index contributed by atoms with van der Waals surface area (Å²) in [5.41, 5.74) is 2.59. The van der Waals surface area contributed by atoms with Gasteiger partial charge in [-0.2, -0.15) is 10.1 Å². The van der Waals surface area contributed by atoms with Crippen LogP contribution in [0.2, 0.25) is 0 Å². The maximum Gasteiger partial charge on any atom is 0.242 e. The van der Waals surface area contributed by atoms with Crippen LogP contribution in [0.1, 0.15) is 31.7 Å². The Morgan fingerprint density at radius 1 is 1.27 bits per heavy atom. The molecule has 3 rings (SSSR count). The van der Waals surface area contributed by atoms with E-state index < -0.39 is 6.04 Å². The number of amides is 2. The fourth-order valence-electron chi connectivity index (χ4n) is 3.43. The summed E-state index contributed by atoms with van der Waals surface area (Å²) in [5.74, 6) is 7.17. The smallest absolute Gasteiger partial charge is 0.242 e. The number of carbonyl (C=O) groups is 2. The van der Waals surface area contributed by atoms with Crippen molar-refractivity contribution in [2.75, 3.05) is 44.5 Å². The Morgan fingerprint density at radius 2 is 2.11 bits per heavy atom. The van der Waals surface area contributed by atoms with Gasteiger partial charge >= 0.3 is 0 Å². The van der Waals surface area contributed by atoms with Gasteiger partial charge in [0.2, 0.25) is 18.3 Å². The van der Waals surface area contributed by atoms with E-state index in [0.717, 1.165) is 23.0 Å². The summed E-state index contributed by atoms with van der Waals surface area (Å²) in [6, 6.07) is 5.45. The first-order chi connectivity index (χ1) is 17.9. The molecule has 196 valence electrons. The van der Waals surface area contributed by atoms with E-state index in [1.165, 1.54) is 4.90 Å². The zero-order chi connectivity index (χ0) is 26.6. The third kappa shape index (κ3) is 7.91. The Bertz CT molecular complexity index is 1260. The van der Waals surface area contributed by atoms with Crippen LogP contribution in [-0.4, -0.2) is 76.9 Å². The van der Waals surface area contributed by atoms with Gasteiger partial charge in [-0.15, -0.1) is 0 Å². The van der Waals surface area contributed by atoms with Crippen molar-refractivity contribution in [1.29, 1.82) is 0 Å². The second-order valence-corrected chi connectivity index (χ2v) is 8.54. The highest BCUT2D eigenvalue weighted by molar-refractivity contribution is 5.83. The number of methoxy groups -OCH3 is 1. The monoisotopic (exact) mass is 506 g/mol. The van der Waals surface area contributed by atoms with Crippen molar-refractivity contribution in [2.45, 2.75) is 32.2 Å². The first-order valence-corrected chi connectivity index (χ1v) is 12.2. The van der Waals surface area contributed by atoms with Crippen molar-refractivity contribution in [1.82, 2.24) is 30.0 Å². The van der Waals surface area contributed by atoms with E-state index in [9.17, 15) is 9.59 Å². The summed E-state index contributed by atoms with van der Waals surface area (Å²) in [6.45, 7) is 3.48. The highest BCUT2D eigenvalue weighted by atomic mass is 16.5. The Labute approximate surface area is 217 Å². The third-order valence-electron chi connectivity index (χ3n) is 5.77. The molecule has 2 amide bonds. The lowest BCUT2D eigenvalue weighted by molar-refractivity contribution is -0.131. The number of hydrogen-bond donors (Lipinski definition) is 3. The first kappa shape index (κ1) is 27.4. The van der Waals surface area contributed by atoms with Gasteiger partial charge in [0, 0.05) is 58.4 Å². The van der Waals surface area contributed by atoms with Crippen LogP contribution >= 0.6 is 0 Å². The molecule has 0 radical (unpaired) electrons. The van der Waals surface area contributed by atoms with Gasteiger partial charge in [0.25, 0.3) is 0 Å². The van der Waals surface area contributed by atoms with Crippen LogP contribution in [-0.2, 0) is 21.4 Å². The van der Waals surface area contributed by atoms with Gasteiger partial charge < -0.3 is 25.6 Å². The largest absolute Gasteiger partial charge is 0.385 e. The molecular formula is C26H34N8O3. The Kier molecular flexibility index (Phi) is 10.2. The molecule has 3 N–H and O–H groups in total. The molecule has 11 heteroatoms. The molecule has 0 saturated carbocycles. The van der Waals surface area contributed by atoms with Crippen LogP contribution in [0, 0.1) is 11.8 Å². The summed E-state index contributed by atoms with van der Waals surface area (Å²) in [5, 5.41) is 14.7. The molecule has 0 aliphatic rings. The van der Waals surface area contributed by atoms with Crippen molar-refractivity contribution in [3.63, 3.8) is 0 Å². The number of aromatic nitrogens is 4. The average Bonchev–Trinajstić information content (AvgIpc) is 3.28. The van der Waals surface area contributed by atoms with Crippen LogP contribution in [0.3, 0.4) is 0 Å². The van der Waals surface area contributed by atoms with Crippen molar-refractivity contribution in [3.05, 3.63) is 36.2 Å². The molecule has 37 heavy (non-hydrogen) atoms. The fraction of sp³-hybridized carbons (Fsp3) is 0.423. The molecule has 2 aromatic heterocycles. The molecule has 0 unspecified atom stereocenters. The highest BCUT2D eigenvalue weighted by Crippen LogP contribution is 2.22. The normalized spacial score (nSPS) is 11.4.